The summed E-state index contributed by atoms with van der Waals surface area (Å²) in [5, 5.41) is 8.83. The Morgan fingerprint density at radius 3 is 1.21 bits per heavy atom. The molecule has 0 atom stereocenters. The number of alkyl halides is 1. The molecule has 8 N–H and O–H groups in total. The predicted molar refractivity (Wildman–Crippen MR) is 163 cm³/mol. The summed E-state index contributed by atoms with van der Waals surface area (Å²) in [6, 6.07) is 18.1. The molecule has 0 saturated carbocycles. The van der Waals surface area contributed by atoms with Crippen LogP contribution in [0.25, 0.3) is 44.1 Å². The fourth-order valence-corrected chi connectivity index (χ4v) is 4.67. The number of H-pyrrole nitrogens is 4. The van der Waals surface area contributed by atoms with Crippen LogP contribution < -0.4 is 33.7 Å². The number of pyridine rings is 2. The van der Waals surface area contributed by atoms with Crippen molar-refractivity contribution in [2.24, 2.45) is 0 Å². The summed E-state index contributed by atoms with van der Waals surface area (Å²) in [5.41, 5.74) is 12.3. The molecular weight excluding hydrogens is 590 g/mol. The van der Waals surface area contributed by atoms with Crippen molar-refractivity contribution in [3.63, 3.8) is 0 Å². The summed E-state index contributed by atoms with van der Waals surface area (Å²) in [6.45, 7) is 0. The average Bonchev–Trinajstić information content (AvgIpc) is 3.00. The van der Waals surface area contributed by atoms with Crippen LogP contribution in [0.2, 0.25) is 10.3 Å². The van der Waals surface area contributed by atoms with Gasteiger partial charge in [0.1, 0.15) is 10.3 Å². The summed E-state index contributed by atoms with van der Waals surface area (Å²) < 4.78 is 15.5. The van der Waals surface area contributed by atoms with Crippen LogP contribution in [-0.2, 0) is 0 Å². The van der Waals surface area contributed by atoms with Gasteiger partial charge < -0.3 is 11.5 Å². The number of fused-ring (bicyclic) bond motifs is 2. The molecular formula is C27H21Cl2FN8O4. The maximum absolute atomic E-state index is 11.9. The first kappa shape index (κ1) is 28.3. The number of anilines is 2. The van der Waals surface area contributed by atoms with Gasteiger partial charge in [0.2, 0.25) is 0 Å². The summed E-state index contributed by atoms with van der Waals surface area (Å²) in [6.07, 6.45) is 0. The van der Waals surface area contributed by atoms with Crippen LogP contribution in [0, 0.1) is 0 Å². The molecule has 42 heavy (non-hydrogen) atoms. The summed E-state index contributed by atoms with van der Waals surface area (Å²) >= 11 is 12.0. The van der Waals surface area contributed by atoms with Crippen LogP contribution in [0.5, 0.6) is 0 Å². The zero-order valence-electron chi connectivity index (χ0n) is 22.3. The molecule has 0 amide bonds. The lowest BCUT2D eigenvalue weighted by Gasteiger charge is -2.08. The molecule has 0 aliphatic carbocycles. The van der Waals surface area contributed by atoms with Crippen LogP contribution in [-0.4, -0.2) is 37.5 Å². The zero-order valence-corrected chi connectivity index (χ0v) is 22.8. The van der Waals surface area contributed by atoms with E-state index in [1.807, 2.05) is 36.4 Å². The Balaban J connectivity index is 0.000000181. The number of nitrogens with zero attached hydrogens (tertiary/aromatic N) is 2. The first-order valence-electron chi connectivity index (χ1n) is 12.5. The molecule has 0 spiro atoms. The van der Waals surface area contributed by atoms with Crippen LogP contribution in [0.15, 0.2) is 79.8 Å². The van der Waals surface area contributed by atoms with Crippen molar-refractivity contribution in [1.29, 1.82) is 0 Å². The lowest BCUT2D eigenvalue weighted by Crippen LogP contribution is -2.21. The quantitative estimate of drug-likeness (QED) is 0.159. The van der Waals surface area contributed by atoms with Crippen LogP contribution in [0.1, 0.15) is 1.37 Å². The van der Waals surface area contributed by atoms with Gasteiger partial charge in [-0.15, -0.1) is 0 Å². The standard InChI is InChI=1S/2C13H9ClN4O2.CH3F/c2*14-11-8-7(12(19)17-18-13(8)20)9(15)10(16-11)6-4-2-1-3-5-6;1-2/h2*1-5H,15H2,(H,17,19)(H,18,20);1H3/i;;1D. The highest BCUT2D eigenvalue weighted by molar-refractivity contribution is 6.35. The van der Waals surface area contributed by atoms with Crippen molar-refractivity contribution in [3.8, 4) is 22.5 Å². The second-order valence-electron chi connectivity index (χ2n) is 8.38. The van der Waals surface area contributed by atoms with E-state index >= 15 is 0 Å². The number of nitrogen functional groups attached to an aromatic ring is 2. The van der Waals surface area contributed by atoms with Crippen molar-refractivity contribution < 1.29 is 5.76 Å². The van der Waals surface area contributed by atoms with E-state index in [9.17, 15) is 23.6 Å². The number of nitrogens with two attached hydrogens (primary N) is 2. The highest BCUT2D eigenvalue weighted by atomic mass is 35.5. The van der Waals surface area contributed by atoms with Gasteiger partial charge >= 0.3 is 0 Å². The topological polar surface area (TPSA) is 209 Å². The second-order valence-corrected chi connectivity index (χ2v) is 9.09. The molecule has 0 bridgehead atoms. The highest BCUT2D eigenvalue weighted by Gasteiger charge is 2.18. The maximum atomic E-state index is 11.9. The minimum atomic E-state index is -1.00. The smallest absolute Gasteiger partial charge is 0.273 e. The van der Waals surface area contributed by atoms with Gasteiger partial charge in [-0.25, -0.2) is 9.97 Å². The van der Waals surface area contributed by atoms with Gasteiger partial charge in [-0.2, -0.15) is 0 Å². The van der Waals surface area contributed by atoms with Crippen LogP contribution in [0.4, 0.5) is 15.8 Å². The first-order chi connectivity index (χ1) is 20.6. The largest absolute Gasteiger partial charge is 0.396 e. The van der Waals surface area contributed by atoms with Gasteiger partial charge in [0.15, 0.2) is 0 Å². The summed E-state index contributed by atoms with van der Waals surface area (Å²) in [7, 11) is -1.00. The SMILES string of the molecule is Nc1c(-c2ccccc2)nc(Cl)c2c(=O)[nH][nH]c(=O)c12.Nc1c(-c2ccccc2)nc(Cl)c2c(=O)[nH][nH]c(=O)c12.[2H]CF. The number of aromatic nitrogens is 6. The Kier molecular flexibility index (Phi) is 8.41. The fraction of sp³-hybridized carbons (Fsp3) is 0.0370. The van der Waals surface area contributed by atoms with E-state index < -0.39 is 29.4 Å². The van der Waals surface area contributed by atoms with Gasteiger partial charge in [-0.1, -0.05) is 83.9 Å². The normalized spacial score (nSPS) is 10.8. The van der Waals surface area contributed by atoms with Gasteiger partial charge in [0, 0.05) is 11.1 Å². The Hall–Kier alpha value is -5.27. The van der Waals surface area contributed by atoms with Crippen LogP contribution in [0.3, 0.4) is 0 Å². The van der Waals surface area contributed by atoms with Crippen molar-refractivity contribution in [3.05, 3.63) is 112 Å². The number of aromatic amines is 4. The van der Waals surface area contributed by atoms with E-state index in [1.54, 1.807) is 24.3 Å². The molecule has 12 nitrogen and oxygen atoms in total. The molecule has 4 aromatic heterocycles. The molecule has 0 saturated heterocycles. The Morgan fingerprint density at radius 2 is 0.905 bits per heavy atom. The number of halogens is 3. The lowest BCUT2D eigenvalue weighted by molar-refractivity contribution is 0.636. The zero-order chi connectivity index (χ0) is 31.3. The van der Waals surface area contributed by atoms with Gasteiger partial charge in [0.05, 0.1) is 52.8 Å². The van der Waals surface area contributed by atoms with E-state index in [0.717, 1.165) is 0 Å². The maximum Gasteiger partial charge on any atom is 0.273 e. The molecule has 0 aliphatic heterocycles. The Morgan fingerprint density at radius 1 is 0.619 bits per heavy atom. The molecule has 214 valence electrons. The fourth-order valence-electron chi connectivity index (χ4n) is 4.14. The third kappa shape index (κ3) is 5.50. The van der Waals surface area contributed by atoms with Gasteiger partial charge in [-0.05, 0) is 0 Å². The Bertz CT molecular complexity index is 2020. The second kappa shape index (κ2) is 12.5. The molecule has 0 radical (unpaired) electrons. The number of hydrogen-bond acceptors (Lipinski definition) is 8. The number of hydrogen-bond donors (Lipinski definition) is 6. The van der Waals surface area contributed by atoms with Crippen molar-refractivity contribution in [2.75, 3.05) is 18.6 Å². The van der Waals surface area contributed by atoms with Crippen molar-refractivity contribution in [1.82, 2.24) is 30.4 Å². The van der Waals surface area contributed by atoms with E-state index in [4.69, 9.17) is 36.0 Å². The minimum absolute atomic E-state index is 0.00685. The van der Waals surface area contributed by atoms with Gasteiger partial charge in [-0.3, -0.25) is 44.0 Å². The van der Waals surface area contributed by atoms with Crippen molar-refractivity contribution >= 4 is 56.1 Å². The lowest BCUT2D eigenvalue weighted by atomic mass is 10.1. The molecule has 0 fully saturated rings. The van der Waals surface area contributed by atoms with E-state index in [2.05, 4.69) is 30.4 Å². The molecule has 6 rings (SSSR count). The minimum Gasteiger partial charge on any atom is -0.396 e. The molecule has 15 heteroatoms. The van der Waals surface area contributed by atoms with E-state index in [0.29, 0.717) is 22.5 Å². The van der Waals surface area contributed by atoms with Crippen LogP contribution >= 0.6 is 23.2 Å². The molecule has 0 aliphatic rings. The third-order valence-electron chi connectivity index (χ3n) is 5.96. The van der Waals surface area contributed by atoms with E-state index in [1.165, 1.54) is 0 Å². The highest BCUT2D eigenvalue weighted by Crippen LogP contribution is 2.32. The number of nitrogens with one attached hydrogen (secondary N) is 4. The summed E-state index contributed by atoms with van der Waals surface area (Å²) in [4.78, 5) is 55.6. The molecule has 6 aromatic rings. The summed E-state index contributed by atoms with van der Waals surface area (Å²) in [5.74, 6) is 0. The predicted octanol–water partition coefficient (Wildman–Crippen LogP) is 3.61. The van der Waals surface area contributed by atoms with Crippen molar-refractivity contribution in [2.45, 2.75) is 0 Å². The van der Waals surface area contributed by atoms with Gasteiger partial charge in [0.25, 0.3) is 22.2 Å². The number of rotatable bonds is 2. The molecule has 2 aromatic carbocycles. The monoisotopic (exact) mass is 611 g/mol. The number of benzene rings is 2. The Labute approximate surface area is 245 Å². The molecule has 0 unspecified atom stereocenters. The third-order valence-corrected chi connectivity index (χ3v) is 6.51. The molecule has 4 heterocycles. The van der Waals surface area contributed by atoms with E-state index in [-0.39, 0.29) is 43.2 Å². The first-order valence-corrected chi connectivity index (χ1v) is 12.5. The average molecular weight is 612 g/mol.